The average Bonchev–Trinajstić information content (AvgIpc) is 3.30. The van der Waals surface area contributed by atoms with Gasteiger partial charge in [-0.05, 0) is 44.5 Å². The molecule has 0 saturated carbocycles. The summed E-state index contributed by atoms with van der Waals surface area (Å²) >= 11 is 6.11. The van der Waals surface area contributed by atoms with Crippen molar-refractivity contribution in [3.8, 4) is 5.75 Å². The molecule has 0 radical (unpaired) electrons. The van der Waals surface area contributed by atoms with E-state index < -0.39 is 11.7 Å². The van der Waals surface area contributed by atoms with Gasteiger partial charge in [-0.2, -0.15) is 23.4 Å². The largest absolute Gasteiger partial charge is 0.471 e. The van der Waals surface area contributed by atoms with Gasteiger partial charge in [-0.15, -0.1) is 0 Å². The van der Waals surface area contributed by atoms with E-state index in [9.17, 15) is 18.0 Å². The monoisotopic (exact) mass is 455 g/mol. The van der Waals surface area contributed by atoms with Crippen molar-refractivity contribution in [1.29, 1.82) is 0 Å². The van der Waals surface area contributed by atoms with Gasteiger partial charge in [-0.25, -0.2) is 4.68 Å². The highest BCUT2D eigenvalue weighted by atomic mass is 35.5. The lowest BCUT2D eigenvalue weighted by molar-refractivity contribution is -0.137. The number of hydrogen-bond acceptors (Lipinski definition) is 4. The minimum Gasteiger partial charge on any atom is -0.471 e. The van der Waals surface area contributed by atoms with Gasteiger partial charge in [0.15, 0.2) is 6.73 Å². The lowest BCUT2D eigenvalue weighted by atomic mass is 10.2. The number of carbonyl (C=O) groups is 1. The Labute approximate surface area is 181 Å². The van der Waals surface area contributed by atoms with Crippen LogP contribution in [0.3, 0.4) is 0 Å². The standard InChI is InChI=1S/C20H21ClF3N5O2/c1-13-18(21)14(2)29(26-13)9-4-8-25-19(30)17-7-10-28(27-17)12-31-16-6-3-5-15(11-16)20(22,23)24/h3,5-7,10-11H,4,8-9,12H2,1-2H3,(H,25,30). The molecule has 0 aliphatic heterocycles. The van der Waals surface area contributed by atoms with Crippen LogP contribution in [-0.2, 0) is 19.5 Å². The molecular formula is C20H21ClF3N5O2. The van der Waals surface area contributed by atoms with Gasteiger partial charge in [-0.3, -0.25) is 9.48 Å². The normalized spacial score (nSPS) is 11.5. The molecule has 31 heavy (non-hydrogen) atoms. The number of amides is 1. The summed E-state index contributed by atoms with van der Waals surface area (Å²) in [6.45, 7) is 4.62. The highest BCUT2D eigenvalue weighted by molar-refractivity contribution is 6.31. The maximum absolute atomic E-state index is 12.8. The van der Waals surface area contributed by atoms with Crippen LogP contribution in [0, 0.1) is 13.8 Å². The lowest BCUT2D eigenvalue weighted by Gasteiger charge is -2.10. The molecular weight excluding hydrogens is 435 g/mol. The first-order valence-electron chi connectivity index (χ1n) is 9.46. The molecule has 1 aromatic carbocycles. The number of ether oxygens (including phenoxy) is 1. The number of carbonyl (C=O) groups excluding carboxylic acids is 1. The highest BCUT2D eigenvalue weighted by Gasteiger charge is 2.30. The van der Waals surface area contributed by atoms with Crippen LogP contribution in [0.15, 0.2) is 36.5 Å². The SMILES string of the molecule is Cc1nn(CCCNC(=O)c2ccn(COc3cccc(C(F)(F)F)c3)n2)c(C)c1Cl. The first-order chi connectivity index (χ1) is 14.6. The predicted molar refractivity (Wildman–Crippen MR) is 108 cm³/mol. The second kappa shape index (κ2) is 9.42. The molecule has 0 spiro atoms. The van der Waals surface area contributed by atoms with E-state index in [0.717, 1.165) is 23.5 Å². The Kier molecular flexibility index (Phi) is 6.89. The zero-order valence-electron chi connectivity index (χ0n) is 16.9. The average molecular weight is 456 g/mol. The Balaban J connectivity index is 1.46. The third kappa shape index (κ3) is 5.78. The molecule has 0 bridgehead atoms. The molecule has 166 valence electrons. The molecule has 2 heterocycles. The van der Waals surface area contributed by atoms with E-state index in [0.29, 0.717) is 24.5 Å². The number of rotatable bonds is 8. The van der Waals surface area contributed by atoms with Crippen molar-refractivity contribution in [1.82, 2.24) is 24.9 Å². The van der Waals surface area contributed by atoms with Crippen molar-refractivity contribution in [3.05, 3.63) is 64.2 Å². The summed E-state index contributed by atoms with van der Waals surface area (Å²) in [5.41, 5.74) is 1.03. The number of benzene rings is 1. The summed E-state index contributed by atoms with van der Waals surface area (Å²) < 4.78 is 46.7. The van der Waals surface area contributed by atoms with Crippen molar-refractivity contribution in [3.63, 3.8) is 0 Å². The molecule has 0 atom stereocenters. The van der Waals surface area contributed by atoms with E-state index in [1.807, 2.05) is 13.8 Å². The molecule has 0 saturated heterocycles. The summed E-state index contributed by atoms with van der Waals surface area (Å²) in [7, 11) is 0. The third-order valence-electron chi connectivity index (χ3n) is 4.52. The van der Waals surface area contributed by atoms with Crippen molar-refractivity contribution in [2.75, 3.05) is 6.54 Å². The fourth-order valence-corrected chi connectivity index (χ4v) is 3.01. The van der Waals surface area contributed by atoms with Crippen LogP contribution in [0.25, 0.3) is 0 Å². The first-order valence-corrected chi connectivity index (χ1v) is 9.84. The van der Waals surface area contributed by atoms with Gasteiger partial charge < -0.3 is 10.1 Å². The molecule has 0 unspecified atom stereocenters. The van der Waals surface area contributed by atoms with E-state index in [4.69, 9.17) is 16.3 Å². The second-order valence-electron chi connectivity index (χ2n) is 6.86. The first kappa shape index (κ1) is 22.7. The van der Waals surface area contributed by atoms with Gasteiger partial charge in [0, 0.05) is 19.3 Å². The van der Waals surface area contributed by atoms with Gasteiger partial charge in [0.1, 0.15) is 11.4 Å². The van der Waals surface area contributed by atoms with Gasteiger partial charge in [0.25, 0.3) is 5.91 Å². The van der Waals surface area contributed by atoms with Crippen molar-refractivity contribution in [2.45, 2.75) is 39.7 Å². The topological polar surface area (TPSA) is 74.0 Å². The summed E-state index contributed by atoms with van der Waals surface area (Å²) in [6, 6.07) is 6.06. The van der Waals surface area contributed by atoms with E-state index in [-0.39, 0.29) is 24.1 Å². The maximum atomic E-state index is 12.8. The molecule has 0 aliphatic carbocycles. The molecule has 3 aromatic rings. The molecule has 11 heteroatoms. The number of nitrogens with zero attached hydrogens (tertiary/aromatic N) is 4. The number of halogens is 4. The third-order valence-corrected chi connectivity index (χ3v) is 5.07. The lowest BCUT2D eigenvalue weighted by Crippen LogP contribution is -2.26. The zero-order valence-corrected chi connectivity index (χ0v) is 17.7. The van der Waals surface area contributed by atoms with Crippen molar-refractivity contribution < 1.29 is 22.7 Å². The number of alkyl halides is 3. The van der Waals surface area contributed by atoms with E-state index in [1.165, 1.54) is 29.1 Å². The van der Waals surface area contributed by atoms with Crippen molar-refractivity contribution in [2.24, 2.45) is 0 Å². The fourth-order valence-electron chi connectivity index (χ4n) is 2.87. The van der Waals surface area contributed by atoms with Crippen LogP contribution in [0.2, 0.25) is 5.02 Å². The Morgan fingerprint density at radius 3 is 2.68 bits per heavy atom. The van der Waals surface area contributed by atoms with Crippen LogP contribution in [0.4, 0.5) is 13.2 Å². The van der Waals surface area contributed by atoms with Crippen LogP contribution >= 0.6 is 11.6 Å². The van der Waals surface area contributed by atoms with Crippen molar-refractivity contribution >= 4 is 17.5 Å². The Morgan fingerprint density at radius 1 is 1.23 bits per heavy atom. The van der Waals surface area contributed by atoms with Gasteiger partial charge in [0.2, 0.25) is 0 Å². The number of hydrogen-bond donors (Lipinski definition) is 1. The van der Waals surface area contributed by atoms with Crippen LogP contribution in [-0.4, -0.2) is 32.0 Å². The molecule has 1 amide bonds. The zero-order chi connectivity index (χ0) is 22.6. The van der Waals surface area contributed by atoms with E-state index in [2.05, 4.69) is 15.5 Å². The summed E-state index contributed by atoms with van der Waals surface area (Å²) in [5, 5.41) is 11.8. The fraction of sp³-hybridized carbons (Fsp3) is 0.350. The smallest absolute Gasteiger partial charge is 0.416 e. The van der Waals surface area contributed by atoms with E-state index in [1.54, 1.807) is 4.68 Å². The summed E-state index contributed by atoms with van der Waals surface area (Å²) in [6.07, 6.45) is -2.28. The minimum atomic E-state index is -4.45. The minimum absolute atomic E-state index is 0.0561. The van der Waals surface area contributed by atoms with Gasteiger partial charge in [-0.1, -0.05) is 17.7 Å². The quantitative estimate of drug-likeness (QED) is 0.516. The van der Waals surface area contributed by atoms with Gasteiger partial charge >= 0.3 is 6.18 Å². The molecule has 1 N–H and O–H groups in total. The summed E-state index contributed by atoms with van der Waals surface area (Å²) in [5.74, 6) is -0.301. The second-order valence-corrected chi connectivity index (χ2v) is 7.23. The molecule has 0 aliphatic rings. The van der Waals surface area contributed by atoms with Crippen LogP contribution in [0.1, 0.15) is 33.9 Å². The number of nitrogens with one attached hydrogen (secondary N) is 1. The number of aryl methyl sites for hydroxylation is 2. The van der Waals surface area contributed by atoms with Crippen LogP contribution < -0.4 is 10.1 Å². The predicted octanol–water partition coefficient (Wildman–Crippen LogP) is 4.23. The van der Waals surface area contributed by atoms with Crippen LogP contribution in [0.5, 0.6) is 5.75 Å². The molecule has 3 rings (SSSR count). The van der Waals surface area contributed by atoms with Gasteiger partial charge in [0.05, 0.1) is 22.0 Å². The Morgan fingerprint density at radius 2 is 2.00 bits per heavy atom. The molecule has 2 aromatic heterocycles. The Bertz CT molecular complexity index is 1060. The maximum Gasteiger partial charge on any atom is 0.416 e. The molecule has 7 nitrogen and oxygen atoms in total. The molecule has 0 fully saturated rings. The number of aromatic nitrogens is 4. The van der Waals surface area contributed by atoms with E-state index >= 15 is 0 Å². The summed E-state index contributed by atoms with van der Waals surface area (Å²) in [4.78, 5) is 12.2. The Hall–Kier alpha value is -3.01. The highest BCUT2D eigenvalue weighted by Crippen LogP contribution is 2.31.